The van der Waals surface area contributed by atoms with Crippen LogP contribution in [0.25, 0.3) is 0 Å². The molecule has 2 aromatic rings. The smallest absolute Gasteiger partial charge is 0.338 e. The van der Waals surface area contributed by atoms with E-state index in [9.17, 15) is 17.6 Å². The van der Waals surface area contributed by atoms with Gasteiger partial charge in [-0.05, 0) is 35.9 Å². The Balaban J connectivity index is 1.76. The van der Waals surface area contributed by atoms with Gasteiger partial charge in [-0.2, -0.15) is 9.57 Å². The van der Waals surface area contributed by atoms with Gasteiger partial charge < -0.3 is 9.47 Å². The van der Waals surface area contributed by atoms with Gasteiger partial charge in [0.25, 0.3) is 0 Å². The summed E-state index contributed by atoms with van der Waals surface area (Å²) >= 11 is 0. The second-order valence-electron chi connectivity index (χ2n) is 6.05. The van der Waals surface area contributed by atoms with E-state index >= 15 is 0 Å². The summed E-state index contributed by atoms with van der Waals surface area (Å²) in [5, 5.41) is 8.78. The van der Waals surface area contributed by atoms with Gasteiger partial charge in [-0.15, -0.1) is 0 Å². The number of hydrogen-bond donors (Lipinski definition) is 0. The first-order valence-corrected chi connectivity index (χ1v) is 9.89. The Morgan fingerprint density at radius 2 is 1.86 bits per heavy atom. The highest BCUT2D eigenvalue weighted by atomic mass is 32.2. The van der Waals surface area contributed by atoms with Crippen LogP contribution in [0, 0.1) is 17.1 Å². The molecule has 0 N–H and O–H groups in total. The number of nitrogens with zero attached hydrogens (tertiary/aromatic N) is 2. The molecule has 1 saturated heterocycles. The standard InChI is InChI=1S/C19H17FN2O5S/c20-17-6-5-16(11-18(17)28(24,25)22-7-9-26-10-8-22)19(23)27-13-15-3-1-14(12-21)2-4-15/h1-6,11H,7-10,13H2. The average Bonchev–Trinajstić information content (AvgIpc) is 2.73. The van der Waals surface area contributed by atoms with Crippen molar-refractivity contribution in [3.05, 3.63) is 65.0 Å². The molecule has 9 heteroatoms. The largest absolute Gasteiger partial charge is 0.457 e. The fourth-order valence-corrected chi connectivity index (χ4v) is 4.16. The Morgan fingerprint density at radius 3 is 2.50 bits per heavy atom. The topological polar surface area (TPSA) is 96.7 Å². The number of carbonyl (C=O) groups excluding carboxylic acids is 1. The molecule has 0 aliphatic carbocycles. The lowest BCUT2D eigenvalue weighted by molar-refractivity contribution is 0.0472. The summed E-state index contributed by atoms with van der Waals surface area (Å²) in [4.78, 5) is 11.7. The number of hydrogen-bond acceptors (Lipinski definition) is 6. The van der Waals surface area contributed by atoms with E-state index in [0.717, 1.165) is 16.4 Å². The first-order chi connectivity index (χ1) is 13.4. The minimum absolute atomic E-state index is 0.0620. The third kappa shape index (κ3) is 4.36. The van der Waals surface area contributed by atoms with Crippen LogP contribution in [-0.4, -0.2) is 45.0 Å². The summed E-state index contributed by atoms with van der Waals surface area (Å²) in [5.41, 5.74) is 1.07. The van der Waals surface area contributed by atoms with Gasteiger partial charge in [0.1, 0.15) is 17.3 Å². The predicted octanol–water partition coefficient (Wildman–Crippen LogP) is 2.08. The first kappa shape index (κ1) is 19.9. The number of morpholine rings is 1. The van der Waals surface area contributed by atoms with Crippen molar-refractivity contribution >= 4 is 16.0 Å². The summed E-state index contributed by atoms with van der Waals surface area (Å²) in [5.74, 6) is -1.71. The molecule has 0 atom stereocenters. The minimum atomic E-state index is -4.08. The highest BCUT2D eigenvalue weighted by molar-refractivity contribution is 7.89. The van der Waals surface area contributed by atoms with Gasteiger partial charge in [0.05, 0.1) is 30.4 Å². The quantitative estimate of drug-likeness (QED) is 0.708. The fourth-order valence-electron chi connectivity index (χ4n) is 2.66. The van der Waals surface area contributed by atoms with Crippen molar-refractivity contribution in [2.24, 2.45) is 0 Å². The van der Waals surface area contributed by atoms with E-state index in [1.165, 1.54) is 6.07 Å². The van der Waals surface area contributed by atoms with Crippen LogP contribution in [0.1, 0.15) is 21.5 Å². The molecular formula is C19H17FN2O5S. The zero-order chi connectivity index (χ0) is 20.1. The molecule has 0 spiro atoms. The van der Waals surface area contributed by atoms with Crippen molar-refractivity contribution in [3.63, 3.8) is 0 Å². The molecule has 7 nitrogen and oxygen atoms in total. The van der Waals surface area contributed by atoms with E-state index in [2.05, 4.69) is 0 Å². The zero-order valence-corrected chi connectivity index (χ0v) is 15.6. The monoisotopic (exact) mass is 404 g/mol. The molecule has 2 aromatic carbocycles. The lowest BCUT2D eigenvalue weighted by Gasteiger charge is -2.26. The molecule has 1 fully saturated rings. The van der Waals surface area contributed by atoms with E-state index in [-0.39, 0.29) is 38.5 Å². The fraction of sp³-hybridized carbons (Fsp3) is 0.263. The second kappa shape index (κ2) is 8.48. The molecule has 0 unspecified atom stereocenters. The van der Waals surface area contributed by atoms with Crippen LogP contribution in [-0.2, 0) is 26.1 Å². The normalized spacial score (nSPS) is 15.0. The van der Waals surface area contributed by atoms with Crippen LogP contribution in [0.4, 0.5) is 4.39 Å². The number of ether oxygens (including phenoxy) is 2. The number of nitriles is 1. The molecular weight excluding hydrogens is 387 g/mol. The molecule has 1 aliphatic heterocycles. The number of esters is 1. The van der Waals surface area contributed by atoms with Gasteiger partial charge in [0.15, 0.2) is 0 Å². The lowest BCUT2D eigenvalue weighted by atomic mass is 10.1. The van der Waals surface area contributed by atoms with Crippen LogP contribution < -0.4 is 0 Å². The molecule has 146 valence electrons. The molecule has 0 bridgehead atoms. The maximum absolute atomic E-state index is 14.2. The molecule has 1 heterocycles. The van der Waals surface area contributed by atoms with Gasteiger partial charge in [-0.3, -0.25) is 0 Å². The van der Waals surface area contributed by atoms with Gasteiger partial charge in [-0.25, -0.2) is 17.6 Å². The van der Waals surface area contributed by atoms with Crippen molar-refractivity contribution in [1.82, 2.24) is 4.31 Å². The van der Waals surface area contributed by atoms with E-state index < -0.39 is 26.7 Å². The summed E-state index contributed by atoms with van der Waals surface area (Å²) in [6, 6.07) is 11.6. The molecule has 1 aliphatic rings. The maximum atomic E-state index is 14.2. The average molecular weight is 404 g/mol. The SMILES string of the molecule is N#Cc1ccc(COC(=O)c2ccc(F)c(S(=O)(=O)N3CCOCC3)c2)cc1. The molecule has 0 amide bonds. The predicted molar refractivity (Wildman–Crippen MR) is 96.3 cm³/mol. The van der Waals surface area contributed by atoms with Gasteiger partial charge in [0.2, 0.25) is 10.0 Å². The van der Waals surface area contributed by atoms with Gasteiger partial charge >= 0.3 is 5.97 Å². The highest BCUT2D eigenvalue weighted by Crippen LogP contribution is 2.22. The van der Waals surface area contributed by atoms with Crippen molar-refractivity contribution in [3.8, 4) is 6.07 Å². The molecule has 0 saturated carbocycles. The van der Waals surface area contributed by atoms with E-state index in [1.807, 2.05) is 6.07 Å². The van der Waals surface area contributed by atoms with Crippen molar-refractivity contribution in [2.75, 3.05) is 26.3 Å². The Hall–Kier alpha value is -2.80. The number of sulfonamides is 1. The van der Waals surface area contributed by atoms with E-state index in [0.29, 0.717) is 11.1 Å². The number of carbonyl (C=O) groups is 1. The third-order valence-electron chi connectivity index (χ3n) is 4.21. The number of benzene rings is 2. The van der Waals surface area contributed by atoms with E-state index in [4.69, 9.17) is 14.7 Å². The van der Waals surface area contributed by atoms with Crippen molar-refractivity contribution in [1.29, 1.82) is 5.26 Å². The Morgan fingerprint density at radius 1 is 1.18 bits per heavy atom. The molecule has 0 aromatic heterocycles. The van der Waals surface area contributed by atoms with E-state index in [1.54, 1.807) is 24.3 Å². The van der Waals surface area contributed by atoms with Crippen molar-refractivity contribution < 1.29 is 27.1 Å². The van der Waals surface area contributed by atoms with Crippen LogP contribution >= 0.6 is 0 Å². The molecule has 28 heavy (non-hydrogen) atoms. The Kier molecular flexibility index (Phi) is 6.04. The second-order valence-corrected chi connectivity index (χ2v) is 7.95. The summed E-state index contributed by atoms with van der Waals surface area (Å²) < 4.78 is 51.0. The molecule has 0 radical (unpaired) electrons. The Labute approximate surface area is 162 Å². The van der Waals surface area contributed by atoms with Crippen LogP contribution in [0.5, 0.6) is 0 Å². The van der Waals surface area contributed by atoms with Crippen molar-refractivity contribution in [2.45, 2.75) is 11.5 Å². The zero-order valence-electron chi connectivity index (χ0n) is 14.8. The minimum Gasteiger partial charge on any atom is -0.457 e. The number of rotatable bonds is 5. The highest BCUT2D eigenvalue weighted by Gasteiger charge is 2.30. The van der Waals surface area contributed by atoms with Crippen LogP contribution in [0.15, 0.2) is 47.4 Å². The van der Waals surface area contributed by atoms with Gasteiger partial charge in [-0.1, -0.05) is 12.1 Å². The summed E-state index contributed by atoms with van der Waals surface area (Å²) in [6.45, 7) is 0.637. The molecule has 3 rings (SSSR count). The summed E-state index contributed by atoms with van der Waals surface area (Å²) in [7, 11) is -4.08. The van der Waals surface area contributed by atoms with Gasteiger partial charge in [0, 0.05) is 13.1 Å². The third-order valence-corrected chi connectivity index (χ3v) is 6.12. The lowest BCUT2D eigenvalue weighted by Crippen LogP contribution is -2.41. The summed E-state index contributed by atoms with van der Waals surface area (Å²) in [6.07, 6.45) is 0. The van der Waals surface area contributed by atoms with Crippen LogP contribution in [0.2, 0.25) is 0 Å². The first-order valence-electron chi connectivity index (χ1n) is 8.45. The van der Waals surface area contributed by atoms with Crippen LogP contribution in [0.3, 0.4) is 0 Å². The maximum Gasteiger partial charge on any atom is 0.338 e. The Bertz CT molecular complexity index is 1010. The number of halogens is 1.